The van der Waals surface area contributed by atoms with Crippen molar-refractivity contribution in [3.05, 3.63) is 69.0 Å². The van der Waals surface area contributed by atoms with Gasteiger partial charge in [-0.1, -0.05) is 17.7 Å². The highest BCUT2D eigenvalue weighted by Crippen LogP contribution is 2.21. The molecule has 2 aromatic rings. The Balaban J connectivity index is 1.89. The van der Waals surface area contributed by atoms with Crippen molar-refractivity contribution in [2.75, 3.05) is 6.54 Å². The summed E-state index contributed by atoms with van der Waals surface area (Å²) in [4.78, 5) is 26.2. The van der Waals surface area contributed by atoms with Crippen molar-refractivity contribution in [1.29, 1.82) is 0 Å². The highest BCUT2D eigenvalue weighted by molar-refractivity contribution is 6.33. The van der Waals surface area contributed by atoms with Gasteiger partial charge in [0.25, 0.3) is 11.6 Å². The summed E-state index contributed by atoms with van der Waals surface area (Å²) in [5, 5.41) is 13.6. The van der Waals surface area contributed by atoms with E-state index in [-0.39, 0.29) is 16.3 Å². The van der Waals surface area contributed by atoms with Gasteiger partial charge in [-0.25, -0.2) is 0 Å². The van der Waals surface area contributed by atoms with Crippen LogP contribution in [0.4, 0.5) is 5.69 Å². The molecule has 2 rings (SSSR count). The van der Waals surface area contributed by atoms with Crippen molar-refractivity contribution >= 4 is 23.2 Å². The molecule has 0 aliphatic heterocycles. The van der Waals surface area contributed by atoms with Crippen LogP contribution in [0.1, 0.15) is 22.3 Å². The summed E-state index contributed by atoms with van der Waals surface area (Å²) in [6.45, 7) is 0.451. The van der Waals surface area contributed by atoms with Crippen molar-refractivity contribution in [2.24, 2.45) is 0 Å². The molecule has 22 heavy (non-hydrogen) atoms. The predicted octanol–water partition coefficient (Wildman–Crippen LogP) is 3.01. The van der Waals surface area contributed by atoms with E-state index in [1.165, 1.54) is 18.2 Å². The number of hydrogen-bond donors (Lipinski definition) is 1. The molecular formula is C15H14ClN3O3. The van der Waals surface area contributed by atoms with Crippen LogP contribution in [0.25, 0.3) is 0 Å². The van der Waals surface area contributed by atoms with Crippen LogP contribution in [-0.4, -0.2) is 22.4 Å². The first-order valence-corrected chi connectivity index (χ1v) is 7.07. The molecule has 0 unspecified atom stereocenters. The van der Waals surface area contributed by atoms with Gasteiger partial charge in [0.15, 0.2) is 0 Å². The van der Waals surface area contributed by atoms with Gasteiger partial charge in [-0.05, 0) is 30.5 Å². The molecule has 7 heteroatoms. The molecule has 0 fully saturated rings. The van der Waals surface area contributed by atoms with Crippen LogP contribution in [0.3, 0.4) is 0 Å². The topological polar surface area (TPSA) is 85.1 Å². The fourth-order valence-electron chi connectivity index (χ4n) is 1.94. The molecule has 0 radical (unpaired) electrons. The lowest BCUT2D eigenvalue weighted by molar-refractivity contribution is -0.384. The quantitative estimate of drug-likeness (QED) is 0.504. The lowest BCUT2D eigenvalue weighted by atomic mass is 10.1. The molecule has 114 valence electrons. The number of amides is 1. The van der Waals surface area contributed by atoms with Gasteiger partial charge in [0.05, 0.1) is 15.5 Å². The van der Waals surface area contributed by atoms with E-state index in [1.807, 2.05) is 12.1 Å². The number of nitro benzene ring substituents is 1. The molecule has 1 amide bonds. The average Bonchev–Trinajstić information content (AvgIpc) is 2.52. The van der Waals surface area contributed by atoms with Crippen molar-refractivity contribution in [1.82, 2.24) is 10.3 Å². The normalized spacial score (nSPS) is 10.2. The molecule has 1 heterocycles. The standard InChI is InChI=1S/C15H14ClN3O3/c16-14-6-5-12(19(21)22)9-13(14)15(20)18-8-2-4-11-3-1-7-17-10-11/h1,3,5-7,9-10H,2,4,8H2,(H,18,20). The second kappa shape index (κ2) is 7.51. The Labute approximate surface area is 132 Å². The summed E-state index contributed by atoms with van der Waals surface area (Å²) in [7, 11) is 0. The van der Waals surface area contributed by atoms with Crippen LogP contribution in [0.15, 0.2) is 42.7 Å². The zero-order chi connectivity index (χ0) is 15.9. The first-order chi connectivity index (χ1) is 10.6. The molecule has 1 aromatic heterocycles. The number of rotatable bonds is 6. The number of hydrogen-bond acceptors (Lipinski definition) is 4. The maximum absolute atomic E-state index is 12.0. The number of pyridine rings is 1. The number of aromatic nitrogens is 1. The Morgan fingerprint density at radius 2 is 2.18 bits per heavy atom. The second-order valence-electron chi connectivity index (χ2n) is 4.64. The molecule has 0 aliphatic rings. The Morgan fingerprint density at radius 3 is 2.86 bits per heavy atom. The summed E-state index contributed by atoms with van der Waals surface area (Å²) in [5.74, 6) is -0.417. The van der Waals surface area contributed by atoms with E-state index in [0.717, 1.165) is 18.4 Å². The number of carbonyl (C=O) groups excluding carboxylic acids is 1. The van der Waals surface area contributed by atoms with E-state index < -0.39 is 10.8 Å². The Morgan fingerprint density at radius 1 is 1.36 bits per heavy atom. The number of non-ortho nitro benzene ring substituents is 1. The van der Waals surface area contributed by atoms with Gasteiger partial charge in [-0.15, -0.1) is 0 Å². The molecule has 0 spiro atoms. The summed E-state index contributed by atoms with van der Waals surface area (Å²) >= 11 is 5.91. The monoisotopic (exact) mass is 319 g/mol. The Bertz CT molecular complexity index is 677. The largest absolute Gasteiger partial charge is 0.352 e. The summed E-state index contributed by atoms with van der Waals surface area (Å²) in [6.07, 6.45) is 5.01. The minimum absolute atomic E-state index is 0.109. The highest BCUT2D eigenvalue weighted by Gasteiger charge is 2.15. The minimum atomic E-state index is -0.560. The van der Waals surface area contributed by atoms with Crippen LogP contribution < -0.4 is 5.32 Å². The van der Waals surface area contributed by atoms with Gasteiger partial charge < -0.3 is 5.32 Å². The third-order valence-corrected chi connectivity index (χ3v) is 3.39. The molecular weight excluding hydrogens is 306 g/mol. The van der Waals surface area contributed by atoms with Crippen molar-refractivity contribution in [3.8, 4) is 0 Å². The lowest BCUT2D eigenvalue weighted by Gasteiger charge is -2.07. The van der Waals surface area contributed by atoms with Gasteiger partial charge in [0, 0.05) is 31.1 Å². The number of halogens is 1. The molecule has 1 aromatic carbocycles. The van der Waals surface area contributed by atoms with Crippen molar-refractivity contribution in [2.45, 2.75) is 12.8 Å². The van der Waals surface area contributed by atoms with E-state index in [2.05, 4.69) is 10.3 Å². The van der Waals surface area contributed by atoms with E-state index >= 15 is 0 Å². The Hall–Kier alpha value is -2.47. The zero-order valence-electron chi connectivity index (χ0n) is 11.7. The first kappa shape index (κ1) is 15.9. The van der Waals surface area contributed by atoms with E-state index in [9.17, 15) is 14.9 Å². The molecule has 0 saturated carbocycles. The molecule has 0 aliphatic carbocycles. The highest BCUT2D eigenvalue weighted by atomic mass is 35.5. The number of carbonyl (C=O) groups is 1. The van der Waals surface area contributed by atoms with Gasteiger partial charge in [-0.2, -0.15) is 0 Å². The van der Waals surface area contributed by atoms with Crippen molar-refractivity contribution < 1.29 is 9.72 Å². The van der Waals surface area contributed by atoms with Crippen LogP contribution in [0, 0.1) is 10.1 Å². The van der Waals surface area contributed by atoms with E-state index in [1.54, 1.807) is 12.4 Å². The molecule has 0 atom stereocenters. The third kappa shape index (κ3) is 4.26. The lowest BCUT2D eigenvalue weighted by Crippen LogP contribution is -2.25. The zero-order valence-corrected chi connectivity index (χ0v) is 12.4. The predicted molar refractivity (Wildman–Crippen MR) is 83.0 cm³/mol. The van der Waals surface area contributed by atoms with Crippen LogP contribution in [-0.2, 0) is 6.42 Å². The fraction of sp³-hybridized carbons (Fsp3) is 0.200. The number of nitro groups is 1. The minimum Gasteiger partial charge on any atom is -0.352 e. The summed E-state index contributed by atoms with van der Waals surface area (Å²) < 4.78 is 0. The average molecular weight is 320 g/mol. The summed E-state index contributed by atoms with van der Waals surface area (Å²) in [5.41, 5.74) is 1.03. The van der Waals surface area contributed by atoms with Gasteiger partial charge >= 0.3 is 0 Å². The smallest absolute Gasteiger partial charge is 0.270 e. The molecule has 6 nitrogen and oxygen atoms in total. The molecule has 1 N–H and O–H groups in total. The Kier molecular flexibility index (Phi) is 5.43. The SMILES string of the molecule is O=C(NCCCc1cccnc1)c1cc([N+](=O)[O-])ccc1Cl. The molecule has 0 bridgehead atoms. The van der Waals surface area contributed by atoms with E-state index in [4.69, 9.17) is 11.6 Å². The number of aryl methyl sites for hydroxylation is 1. The maximum atomic E-state index is 12.0. The van der Waals surface area contributed by atoms with E-state index in [0.29, 0.717) is 6.54 Å². The maximum Gasteiger partial charge on any atom is 0.270 e. The summed E-state index contributed by atoms with van der Waals surface area (Å²) in [6, 6.07) is 7.62. The fourth-order valence-corrected chi connectivity index (χ4v) is 2.14. The third-order valence-electron chi connectivity index (χ3n) is 3.06. The molecule has 0 saturated heterocycles. The van der Waals surface area contributed by atoms with Gasteiger partial charge in [0.2, 0.25) is 0 Å². The van der Waals surface area contributed by atoms with Crippen LogP contribution in [0.5, 0.6) is 0 Å². The first-order valence-electron chi connectivity index (χ1n) is 6.69. The number of benzene rings is 1. The van der Waals surface area contributed by atoms with Gasteiger partial charge in [0.1, 0.15) is 0 Å². The number of nitrogens with zero attached hydrogens (tertiary/aromatic N) is 2. The van der Waals surface area contributed by atoms with Crippen LogP contribution in [0.2, 0.25) is 5.02 Å². The van der Waals surface area contributed by atoms with Crippen molar-refractivity contribution in [3.63, 3.8) is 0 Å². The number of nitrogens with one attached hydrogen (secondary N) is 1. The van der Waals surface area contributed by atoms with Gasteiger partial charge in [-0.3, -0.25) is 19.9 Å². The van der Waals surface area contributed by atoms with Crippen LogP contribution >= 0.6 is 11.6 Å². The second-order valence-corrected chi connectivity index (χ2v) is 5.05.